The Kier molecular flexibility index (Phi) is 8.25. The van der Waals surface area contributed by atoms with Crippen molar-refractivity contribution in [3.63, 3.8) is 0 Å². The fraction of sp³-hybridized carbons (Fsp3) is 0.250. The van der Waals surface area contributed by atoms with E-state index in [1.807, 2.05) is 25.1 Å². The lowest BCUT2D eigenvalue weighted by atomic mass is 10.1. The average Bonchev–Trinajstić information content (AvgIpc) is 2.90. The summed E-state index contributed by atoms with van der Waals surface area (Å²) in [4.78, 5) is 30.1. The average molecular weight is 508 g/mol. The molecule has 0 aliphatic rings. The van der Waals surface area contributed by atoms with Crippen LogP contribution in [0.2, 0.25) is 0 Å². The third kappa shape index (κ3) is 6.37. The van der Waals surface area contributed by atoms with Crippen molar-refractivity contribution in [2.75, 3.05) is 13.7 Å². The number of carbonyl (C=O) groups excluding carboxylic acids is 1. The summed E-state index contributed by atoms with van der Waals surface area (Å²) in [7, 11) is 1.66. The van der Waals surface area contributed by atoms with Gasteiger partial charge in [-0.25, -0.2) is 8.78 Å². The minimum absolute atomic E-state index is 0.000758. The van der Waals surface area contributed by atoms with Gasteiger partial charge in [0, 0.05) is 37.9 Å². The van der Waals surface area contributed by atoms with Gasteiger partial charge < -0.3 is 19.4 Å². The molecule has 0 radical (unpaired) electrons. The van der Waals surface area contributed by atoms with E-state index >= 15 is 0 Å². The molecular formula is C28H27F2N3O4. The summed E-state index contributed by atoms with van der Waals surface area (Å²) in [5.41, 5.74) is 1.38. The van der Waals surface area contributed by atoms with Crippen molar-refractivity contribution in [1.29, 1.82) is 0 Å². The SMILES string of the molecule is COC(C)CCOc1ccnc2ccc(CNC(=O)c3cccn(Cc4ccc(F)c(F)c4)c3=O)cc12. The number of nitrogens with one attached hydrogen (secondary N) is 1. The highest BCUT2D eigenvalue weighted by Gasteiger charge is 2.14. The summed E-state index contributed by atoms with van der Waals surface area (Å²) < 4.78 is 39.2. The second-order valence-corrected chi connectivity index (χ2v) is 8.63. The first kappa shape index (κ1) is 26.0. The van der Waals surface area contributed by atoms with Crippen molar-refractivity contribution in [3.8, 4) is 5.75 Å². The van der Waals surface area contributed by atoms with Crippen LogP contribution in [0.1, 0.15) is 34.8 Å². The molecule has 4 rings (SSSR count). The van der Waals surface area contributed by atoms with Gasteiger partial charge in [-0.05, 0) is 60.5 Å². The number of hydrogen-bond acceptors (Lipinski definition) is 5. The molecule has 1 N–H and O–H groups in total. The maximum Gasteiger partial charge on any atom is 0.263 e. The second kappa shape index (κ2) is 11.7. The highest BCUT2D eigenvalue weighted by Crippen LogP contribution is 2.25. The monoisotopic (exact) mass is 507 g/mol. The number of hydrogen-bond donors (Lipinski definition) is 1. The van der Waals surface area contributed by atoms with Crippen molar-refractivity contribution in [1.82, 2.24) is 14.9 Å². The van der Waals surface area contributed by atoms with Gasteiger partial charge in [0.05, 0.1) is 24.8 Å². The number of ether oxygens (including phenoxy) is 2. The highest BCUT2D eigenvalue weighted by molar-refractivity contribution is 5.93. The maximum atomic E-state index is 13.5. The molecule has 0 spiro atoms. The van der Waals surface area contributed by atoms with Crippen LogP contribution >= 0.6 is 0 Å². The molecule has 0 aliphatic carbocycles. The summed E-state index contributed by atoms with van der Waals surface area (Å²) in [5, 5.41) is 3.59. The van der Waals surface area contributed by atoms with Gasteiger partial charge in [-0.15, -0.1) is 0 Å². The lowest BCUT2D eigenvalue weighted by Gasteiger charge is -2.13. The Labute approximate surface area is 212 Å². The second-order valence-electron chi connectivity index (χ2n) is 8.63. The summed E-state index contributed by atoms with van der Waals surface area (Å²) in [5.74, 6) is -1.82. The molecule has 0 fully saturated rings. The third-order valence-electron chi connectivity index (χ3n) is 6.01. The molecular weight excluding hydrogens is 480 g/mol. The Morgan fingerprint density at radius 1 is 1.08 bits per heavy atom. The predicted octanol–water partition coefficient (Wildman–Crippen LogP) is 4.46. The van der Waals surface area contributed by atoms with E-state index in [0.29, 0.717) is 17.9 Å². The minimum atomic E-state index is -0.997. The molecule has 2 aromatic heterocycles. The lowest BCUT2D eigenvalue weighted by Crippen LogP contribution is -2.32. The minimum Gasteiger partial charge on any atom is -0.493 e. The lowest BCUT2D eigenvalue weighted by molar-refractivity contribution is 0.0947. The van der Waals surface area contributed by atoms with Gasteiger partial charge in [-0.1, -0.05) is 12.1 Å². The van der Waals surface area contributed by atoms with Crippen LogP contribution in [0, 0.1) is 11.6 Å². The van der Waals surface area contributed by atoms with Crippen molar-refractivity contribution in [2.24, 2.45) is 0 Å². The zero-order valence-electron chi connectivity index (χ0n) is 20.5. The molecule has 0 aliphatic heterocycles. The van der Waals surface area contributed by atoms with Crippen LogP contribution in [0.5, 0.6) is 5.75 Å². The largest absolute Gasteiger partial charge is 0.493 e. The molecule has 192 valence electrons. The Morgan fingerprint density at radius 3 is 2.68 bits per heavy atom. The molecule has 1 unspecified atom stereocenters. The summed E-state index contributed by atoms with van der Waals surface area (Å²) in [6.45, 7) is 2.64. The first-order chi connectivity index (χ1) is 17.9. The molecule has 37 heavy (non-hydrogen) atoms. The van der Waals surface area contributed by atoms with Crippen molar-refractivity contribution >= 4 is 16.8 Å². The number of fused-ring (bicyclic) bond motifs is 1. The number of halogens is 2. The summed E-state index contributed by atoms with van der Waals surface area (Å²) in [6, 6.07) is 13.8. The Balaban J connectivity index is 1.46. The van der Waals surface area contributed by atoms with Crippen LogP contribution in [-0.4, -0.2) is 35.3 Å². The van der Waals surface area contributed by atoms with Crippen molar-refractivity contribution in [2.45, 2.75) is 32.5 Å². The molecule has 0 saturated carbocycles. The highest BCUT2D eigenvalue weighted by atomic mass is 19.2. The van der Waals surface area contributed by atoms with Gasteiger partial charge in [-0.3, -0.25) is 14.6 Å². The van der Waals surface area contributed by atoms with E-state index in [1.54, 1.807) is 25.4 Å². The Morgan fingerprint density at radius 2 is 1.89 bits per heavy atom. The molecule has 0 bridgehead atoms. The molecule has 0 saturated heterocycles. The molecule has 2 aromatic carbocycles. The number of aromatic nitrogens is 2. The smallest absolute Gasteiger partial charge is 0.263 e. The number of methoxy groups -OCH3 is 1. The van der Waals surface area contributed by atoms with E-state index in [1.165, 1.54) is 22.9 Å². The van der Waals surface area contributed by atoms with Crippen LogP contribution in [0.3, 0.4) is 0 Å². The van der Waals surface area contributed by atoms with Crippen LogP contribution in [0.4, 0.5) is 8.78 Å². The molecule has 9 heteroatoms. The molecule has 4 aromatic rings. The zero-order chi connectivity index (χ0) is 26.4. The molecule has 2 heterocycles. The predicted molar refractivity (Wildman–Crippen MR) is 136 cm³/mol. The summed E-state index contributed by atoms with van der Waals surface area (Å²) >= 11 is 0. The number of amides is 1. The fourth-order valence-corrected chi connectivity index (χ4v) is 3.80. The van der Waals surface area contributed by atoms with Gasteiger partial charge >= 0.3 is 0 Å². The Bertz CT molecular complexity index is 1470. The van der Waals surface area contributed by atoms with Crippen LogP contribution < -0.4 is 15.6 Å². The third-order valence-corrected chi connectivity index (χ3v) is 6.01. The van der Waals surface area contributed by atoms with E-state index in [0.717, 1.165) is 35.0 Å². The van der Waals surface area contributed by atoms with Crippen LogP contribution in [-0.2, 0) is 17.8 Å². The van der Waals surface area contributed by atoms with Gasteiger partial charge in [0.25, 0.3) is 11.5 Å². The van der Waals surface area contributed by atoms with Crippen LogP contribution in [0.15, 0.2) is 71.8 Å². The zero-order valence-corrected chi connectivity index (χ0v) is 20.5. The fourth-order valence-electron chi connectivity index (χ4n) is 3.80. The number of rotatable bonds is 10. The van der Waals surface area contributed by atoms with Crippen molar-refractivity contribution < 1.29 is 23.0 Å². The number of pyridine rings is 2. The first-order valence-corrected chi connectivity index (χ1v) is 11.8. The standard InChI is InChI=1S/C28H27F2N3O4/c1-18(36-2)10-13-37-26-9-11-31-25-8-6-19(14-22(25)26)16-32-27(34)21-4-3-12-33(28(21)35)17-20-5-7-23(29)24(30)15-20/h3-9,11-12,14-15,18H,10,13,16-17H2,1-2H3,(H,32,34). The first-order valence-electron chi connectivity index (χ1n) is 11.8. The number of benzene rings is 2. The summed E-state index contributed by atoms with van der Waals surface area (Å²) in [6.07, 6.45) is 3.99. The van der Waals surface area contributed by atoms with E-state index in [4.69, 9.17) is 9.47 Å². The van der Waals surface area contributed by atoms with Gasteiger partial charge in [0.2, 0.25) is 0 Å². The van der Waals surface area contributed by atoms with E-state index in [2.05, 4.69) is 10.3 Å². The van der Waals surface area contributed by atoms with E-state index in [-0.39, 0.29) is 24.8 Å². The number of nitrogens with zero attached hydrogens (tertiary/aromatic N) is 2. The van der Waals surface area contributed by atoms with Gasteiger partial charge in [-0.2, -0.15) is 0 Å². The topological polar surface area (TPSA) is 82.4 Å². The van der Waals surface area contributed by atoms with E-state index in [9.17, 15) is 18.4 Å². The maximum absolute atomic E-state index is 13.5. The normalized spacial score (nSPS) is 11.9. The molecule has 7 nitrogen and oxygen atoms in total. The van der Waals surface area contributed by atoms with Gasteiger partial charge in [0.15, 0.2) is 11.6 Å². The number of carbonyl (C=O) groups is 1. The Hall–Kier alpha value is -4.11. The quantitative estimate of drug-likeness (QED) is 0.343. The van der Waals surface area contributed by atoms with Gasteiger partial charge in [0.1, 0.15) is 11.3 Å². The molecule has 1 atom stereocenters. The van der Waals surface area contributed by atoms with Crippen LogP contribution in [0.25, 0.3) is 10.9 Å². The van der Waals surface area contributed by atoms with Crippen molar-refractivity contribution in [3.05, 3.63) is 106 Å². The van der Waals surface area contributed by atoms with E-state index < -0.39 is 23.1 Å². The molecule has 1 amide bonds.